The molecule has 0 radical (unpaired) electrons. The second kappa shape index (κ2) is 10.3. The molecule has 1 unspecified atom stereocenters. The molecule has 4 amide bonds. The van der Waals surface area contributed by atoms with Crippen LogP contribution >= 0.6 is 0 Å². The summed E-state index contributed by atoms with van der Waals surface area (Å²) in [6, 6.07) is 12.6. The second-order valence-electron chi connectivity index (χ2n) is 8.32. The van der Waals surface area contributed by atoms with Gasteiger partial charge >= 0.3 is 6.03 Å². The Morgan fingerprint density at radius 2 is 1.80 bits per heavy atom. The number of nitrogens with two attached hydrogens (primary N) is 1. The molecule has 3 N–H and O–H groups in total. The van der Waals surface area contributed by atoms with Crippen molar-refractivity contribution in [3.63, 3.8) is 0 Å². The van der Waals surface area contributed by atoms with Crippen LogP contribution < -0.4 is 16.0 Å². The Balaban J connectivity index is 1.59. The first kappa shape index (κ1) is 23.8. The topological polar surface area (TPSA) is 134 Å². The molecule has 3 heterocycles. The lowest BCUT2D eigenvalue weighted by Crippen LogP contribution is -2.70. The lowest BCUT2D eigenvalue weighted by atomic mass is 9.81. The highest BCUT2D eigenvalue weighted by Crippen LogP contribution is 2.33. The van der Waals surface area contributed by atoms with Crippen molar-refractivity contribution < 1.29 is 14.4 Å². The number of nitrogen functional groups attached to an aromatic ring is 1. The molecule has 1 saturated heterocycles. The Hall–Kier alpha value is -4.34. The van der Waals surface area contributed by atoms with E-state index in [2.05, 4.69) is 20.3 Å². The first-order valence-corrected chi connectivity index (χ1v) is 11.3. The zero-order chi connectivity index (χ0) is 24.9. The molecule has 1 fully saturated rings. The van der Waals surface area contributed by atoms with Gasteiger partial charge < -0.3 is 11.1 Å². The average Bonchev–Trinajstić information content (AvgIpc) is 2.89. The molecule has 0 saturated carbocycles. The van der Waals surface area contributed by atoms with Gasteiger partial charge in [-0.15, -0.1) is 0 Å². The van der Waals surface area contributed by atoms with Gasteiger partial charge in [-0.05, 0) is 42.2 Å². The molecule has 3 aromatic rings. The fraction of sp³-hybridized carbons (Fsp3) is 0.280. The maximum atomic E-state index is 13.5. The number of rotatable bonds is 7. The molecule has 10 heteroatoms. The van der Waals surface area contributed by atoms with E-state index < -0.39 is 29.8 Å². The molecule has 0 spiro atoms. The standard InChI is InChI=1S/C25H27N7O3/c1-3-19(17-8-5-4-6-9-17)30-25(35)32-21(23(34)31(2)24-28-11-7-12-29-24)18(22(32)33)14-16-10-13-27-20(26)15-16/h4-13,15,18-19,21H,3,14H2,1-2H3,(H2,26,27)(H,30,35)/t18-,19?,21+/m1/s1. The molecule has 1 aliphatic heterocycles. The molecule has 2 aromatic heterocycles. The number of pyridine rings is 1. The summed E-state index contributed by atoms with van der Waals surface area (Å²) in [5.74, 6) is -1.12. The number of likely N-dealkylation sites (N-methyl/N-ethyl adjacent to an activating group) is 1. The van der Waals surface area contributed by atoms with Gasteiger partial charge in [-0.2, -0.15) is 0 Å². The van der Waals surface area contributed by atoms with Gasteiger partial charge in [-0.25, -0.2) is 19.7 Å². The van der Waals surface area contributed by atoms with Gasteiger partial charge in [0.05, 0.1) is 12.0 Å². The largest absolute Gasteiger partial charge is 0.384 e. The Morgan fingerprint density at radius 3 is 2.46 bits per heavy atom. The summed E-state index contributed by atoms with van der Waals surface area (Å²) < 4.78 is 0. The van der Waals surface area contributed by atoms with Gasteiger partial charge in [0.15, 0.2) is 0 Å². The number of nitrogens with zero attached hydrogens (tertiary/aromatic N) is 5. The van der Waals surface area contributed by atoms with Crippen LogP contribution in [-0.4, -0.2) is 50.8 Å². The molecule has 10 nitrogen and oxygen atoms in total. The summed E-state index contributed by atoms with van der Waals surface area (Å²) >= 11 is 0. The molecule has 0 aliphatic carbocycles. The lowest BCUT2D eigenvalue weighted by molar-refractivity contribution is -0.156. The number of benzene rings is 1. The number of β-lactam (4-membered cyclic amide) rings is 1. The van der Waals surface area contributed by atoms with Crippen molar-refractivity contribution in [1.82, 2.24) is 25.2 Å². The predicted octanol–water partition coefficient (Wildman–Crippen LogP) is 2.35. The first-order chi connectivity index (χ1) is 16.9. The van der Waals surface area contributed by atoms with Crippen molar-refractivity contribution in [1.29, 1.82) is 0 Å². The number of carbonyl (C=O) groups excluding carboxylic acids is 3. The second-order valence-corrected chi connectivity index (χ2v) is 8.32. The Kier molecular flexibility index (Phi) is 7.00. The first-order valence-electron chi connectivity index (χ1n) is 11.3. The summed E-state index contributed by atoms with van der Waals surface area (Å²) in [4.78, 5) is 54.4. The highest BCUT2D eigenvalue weighted by atomic mass is 16.2. The SMILES string of the molecule is CCC(NC(=O)N1C(=O)[C@H](Cc2ccnc(N)c2)[C@H]1C(=O)N(C)c1ncccn1)c1ccccc1. The van der Waals surface area contributed by atoms with Crippen molar-refractivity contribution >= 4 is 29.6 Å². The van der Waals surface area contributed by atoms with Crippen LogP contribution in [0.1, 0.15) is 30.5 Å². The Morgan fingerprint density at radius 1 is 1.09 bits per heavy atom. The van der Waals surface area contributed by atoms with Gasteiger partial charge in [0, 0.05) is 25.6 Å². The Bertz CT molecular complexity index is 1210. The van der Waals surface area contributed by atoms with Crippen molar-refractivity contribution in [2.75, 3.05) is 17.7 Å². The molecular formula is C25H27N7O3. The summed E-state index contributed by atoms with van der Waals surface area (Å²) in [5, 5.41) is 2.91. The van der Waals surface area contributed by atoms with Crippen LogP contribution in [0.25, 0.3) is 0 Å². The minimum atomic E-state index is -1.01. The molecule has 3 atom stereocenters. The number of urea groups is 1. The summed E-state index contributed by atoms with van der Waals surface area (Å²) in [7, 11) is 1.52. The van der Waals surface area contributed by atoms with E-state index in [0.717, 1.165) is 16.0 Å². The molecule has 35 heavy (non-hydrogen) atoms. The highest BCUT2D eigenvalue weighted by molar-refractivity contribution is 6.12. The van der Waals surface area contributed by atoms with E-state index in [1.165, 1.54) is 24.3 Å². The average molecular weight is 474 g/mol. The fourth-order valence-corrected chi connectivity index (χ4v) is 4.22. The number of nitrogens with one attached hydrogen (secondary N) is 1. The maximum Gasteiger partial charge on any atom is 0.325 e. The predicted molar refractivity (Wildman–Crippen MR) is 130 cm³/mol. The zero-order valence-electron chi connectivity index (χ0n) is 19.5. The number of anilines is 2. The minimum absolute atomic E-state index is 0.180. The molecule has 1 aliphatic rings. The summed E-state index contributed by atoms with van der Waals surface area (Å²) in [6.07, 6.45) is 5.45. The molecule has 0 bridgehead atoms. The number of aromatic nitrogens is 3. The van der Waals surface area contributed by atoms with Crippen LogP contribution in [0.2, 0.25) is 0 Å². The summed E-state index contributed by atoms with van der Waals surface area (Å²) in [5.41, 5.74) is 7.45. The van der Waals surface area contributed by atoms with Gasteiger partial charge in [0.1, 0.15) is 11.9 Å². The number of imide groups is 1. The minimum Gasteiger partial charge on any atom is -0.384 e. The fourth-order valence-electron chi connectivity index (χ4n) is 4.22. The third kappa shape index (κ3) is 4.96. The number of likely N-dealkylation sites (tertiary alicyclic amines) is 1. The van der Waals surface area contributed by atoms with Gasteiger partial charge in [0.25, 0.3) is 5.91 Å². The molecule has 180 valence electrons. The zero-order valence-corrected chi connectivity index (χ0v) is 19.5. The Labute approximate surface area is 203 Å². The van der Waals surface area contributed by atoms with E-state index in [0.29, 0.717) is 12.2 Å². The van der Waals surface area contributed by atoms with Crippen LogP contribution in [0.4, 0.5) is 16.6 Å². The van der Waals surface area contributed by atoms with Gasteiger partial charge in [0.2, 0.25) is 11.9 Å². The van der Waals surface area contributed by atoms with Crippen LogP contribution in [0, 0.1) is 5.92 Å². The number of carbonyl (C=O) groups is 3. The summed E-state index contributed by atoms with van der Waals surface area (Å²) in [6.45, 7) is 1.94. The number of amides is 4. The number of hydrogen-bond donors (Lipinski definition) is 2. The smallest absolute Gasteiger partial charge is 0.325 e. The van der Waals surface area contributed by atoms with Crippen LogP contribution in [-0.2, 0) is 16.0 Å². The van der Waals surface area contributed by atoms with Crippen LogP contribution in [0.3, 0.4) is 0 Å². The van der Waals surface area contributed by atoms with Crippen LogP contribution in [0.5, 0.6) is 0 Å². The van der Waals surface area contributed by atoms with E-state index in [-0.39, 0.29) is 18.4 Å². The van der Waals surface area contributed by atoms with E-state index in [1.807, 2.05) is 37.3 Å². The van der Waals surface area contributed by atoms with Gasteiger partial charge in [-0.1, -0.05) is 37.3 Å². The van der Waals surface area contributed by atoms with Crippen molar-refractivity contribution in [2.24, 2.45) is 5.92 Å². The highest BCUT2D eigenvalue weighted by Gasteiger charge is 2.55. The third-order valence-corrected chi connectivity index (χ3v) is 6.08. The third-order valence-electron chi connectivity index (χ3n) is 6.08. The monoisotopic (exact) mass is 473 g/mol. The van der Waals surface area contributed by atoms with E-state index in [4.69, 9.17) is 5.73 Å². The lowest BCUT2D eigenvalue weighted by Gasteiger charge is -2.45. The molecular weight excluding hydrogens is 446 g/mol. The van der Waals surface area contributed by atoms with E-state index in [9.17, 15) is 14.4 Å². The van der Waals surface area contributed by atoms with Crippen LogP contribution in [0.15, 0.2) is 67.1 Å². The van der Waals surface area contributed by atoms with Crippen molar-refractivity contribution in [3.8, 4) is 0 Å². The quantitative estimate of drug-likeness (QED) is 0.503. The maximum absolute atomic E-state index is 13.5. The molecule has 4 rings (SSSR count). The van der Waals surface area contributed by atoms with E-state index >= 15 is 0 Å². The van der Waals surface area contributed by atoms with Gasteiger partial charge in [-0.3, -0.25) is 19.4 Å². The molecule has 1 aromatic carbocycles. The van der Waals surface area contributed by atoms with Crippen molar-refractivity contribution in [2.45, 2.75) is 31.8 Å². The number of hydrogen-bond acceptors (Lipinski definition) is 7. The van der Waals surface area contributed by atoms with E-state index in [1.54, 1.807) is 24.4 Å². The van der Waals surface area contributed by atoms with Crippen molar-refractivity contribution in [3.05, 3.63) is 78.2 Å². The normalized spacial score (nSPS) is 17.9.